The topological polar surface area (TPSA) is 61.9 Å². The number of methoxy groups -OCH3 is 1. The van der Waals surface area contributed by atoms with Gasteiger partial charge in [0.1, 0.15) is 5.75 Å². The van der Waals surface area contributed by atoms with Gasteiger partial charge in [0.15, 0.2) is 0 Å². The Morgan fingerprint density at radius 3 is 2.34 bits per heavy atom. The molecule has 2 aromatic rings. The van der Waals surface area contributed by atoms with Gasteiger partial charge in [0.05, 0.1) is 17.7 Å². The fourth-order valence-electron chi connectivity index (χ4n) is 3.60. The van der Waals surface area contributed by atoms with Crippen LogP contribution in [0.15, 0.2) is 53.4 Å². The Morgan fingerprint density at radius 2 is 1.69 bits per heavy atom. The van der Waals surface area contributed by atoms with Gasteiger partial charge in [-0.15, -0.1) is 0 Å². The molecule has 1 N–H and O–H groups in total. The molecule has 0 radical (unpaired) electrons. The van der Waals surface area contributed by atoms with E-state index in [0.29, 0.717) is 11.4 Å². The predicted molar refractivity (Wildman–Crippen MR) is 117 cm³/mol. The summed E-state index contributed by atoms with van der Waals surface area (Å²) in [4.78, 5) is 5.06. The summed E-state index contributed by atoms with van der Waals surface area (Å²) >= 11 is 0. The van der Waals surface area contributed by atoms with Crippen LogP contribution in [0.1, 0.15) is 18.9 Å². The monoisotopic (exact) mass is 417 g/mol. The normalized spacial score (nSPS) is 15.4. The largest absolute Gasteiger partial charge is 0.495 e. The SMILES string of the molecule is CCc1ccc(S(=O)(=O)NCCCN2CCN(c3ccccc3OC)CC2)cc1. The van der Waals surface area contributed by atoms with Crippen LogP contribution in [-0.4, -0.2) is 59.7 Å². The number of para-hydroxylation sites is 2. The number of benzene rings is 2. The number of anilines is 1. The first-order valence-electron chi connectivity index (χ1n) is 10.2. The van der Waals surface area contributed by atoms with Crippen LogP contribution < -0.4 is 14.4 Å². The van der Waals surface area contributed by atoms with Gasteiger partial charge in [-0.1, -0.05) is 31.2 Å². The molecule has 1 heterocycles. The standard InChI is InChI=1S/C22H31N3O3S/c1-3-19-9-11-20(12-10-19)29(26,27)23-13-6-14-24-15-17-25(18-16-24)21-7-4-5-8-22(21)28-2/h4-5,7-12,23H,3,6,13-18H2,1-2H3. The molecular weight excluding hydrogens is 386 g/mol. The first-order chi connectivity index (χ1) is 14.0. The van der Waals surface area contributed by atoms with E-state index >= 15 is 0 Å². The molecule has 7 heteroatoms. The van der Waals surface area contributed by atoms with Gasteiger partial charge in [-0.2, -0.15) is 0 Å². The number of rotatable bonds is 9. The molecule has 0 saturated carbocycles. The van der Waals surface area contributed by atoms with Gasteiger partial charge in [-0.25, -0.2) is 13.1 Å². The third-order valence-electron chi connectivity index (χ3n) is 5.38. The third-order valence-corrected chi connectivity index (χ3v) is 6.86. The van der Waals surface area contributed by atoms with E-state index in [4.69, 9.17) is 4.74 Å². The second-order valence-corrected chi connectivity index (χ2v) is 9.02. The van der Waals surface area contributed by atoms with Crippen LogP contribution in [0.2, 0.25) is 0 Å². The number of nitrogens with one attached hydrogen (secondary N) is 1. The Morgan fingerprint density at radius 1 is 1.00 bits per heavy atom. The van der Waals surface area contributed by atoms with Crippen molar-refractivity contribution in [2.24, 2.45) is 0 Å². The molecule has 0 bridgehead atoms. The molecule has 0 spiro atoms. The molecule has 1 aliphatic heterocycles. The molecule has 0 aliphatic carbocycles. The predicted octanol–water partition coefficient (Wildman–Crippen LogP) is 2.75. The van der Waals surface area contributed by atoms with Gasteiger partial charge in [-0.05, 0) is 49.2 Å². The lowest BCUT2D eigenvalue weighted by molar-refractivity contribution is 0.254. The zero-order valence-corrected chi connectivity index (χ0v) is 18.1. The maximum absolute atomic E-state index is 12.4. The van der Waals surface area contributed by atoms with Gasteiger partial charge in [0.2, 0.25) is 10.0 Å². The maximum atomic E-state index is 12.4. The molecule has 0 unspecified atom stereocenters. The lowest BCUT2D eigenvalue weighted by atomic mass is 10.2. The van der Waals surface area contributed by atoms with Gasteiger partial charge in [-0.3, -0.25) is 4.90 Å². The smallest absolute Gasteiger partial charge is 0.240 e. The minimum Gasteiger partial charge on any atom is -0.495 e. The van der Waals surface area contributed by atoms with Crippen LogP contribution in [0.3, 0.4) is 0 Å². The van der Waals surface area contributed by atoms with Crippen molar-refractivity contribution in [3.63, 3.8) is 0 Å². The number of aryl methyl sites for hydroxylation is 1. The summed E-state index contributed by atoms with van der Waals surface area (Å²) in [5.41, 5.74) is 2.27. The van der Waals surface area contributed by atoms with Crippen molar-refractivity contribution in [1.82, 2.24) is 9.62 Å². The molecule has 29 heavy (non-hydrogen) atoms. The van der Waals surface area contributed by atoms with Crippen LogP contribution in [-0.2, 0) is 16.4 Å². The summed E-state index contributed by atoms with van der Waals surface area (Å²) in [6, 6.07) is 15.2. The van der Waals surface area contributed by atoms with E-state index in [0.717, 1.165) is 62.6 Å². The number of hydrogen-bond donors (Lipinski definition) is 1. The molecule has 6 nitrogen and oxygen atoms in total. The van der Waals surface area contributed by atoms with Crippen LogP contribution in [0, 0.1) is 0 Å². The quantitative estimate of drug-likeness (QED) is 0.636. The Hall–Kier alpha value is -2.09. The number of hydrogen-bond acceptors (Lipinski definition) is 5. The summed E-state index contributed by atoms with van der Waals surface area (Å²) < 4.78 is 33.0. The van der Waals surface area contributed by atoms with Crippen LogP contribution >= 0.6 is 0 Å². The zero-order valence-electron chi connectivity index (χ0n) is 17.3. The zero-order chi connectivity index (χ0) is 20.7. The van der Waals surface area contributed by atoms with Crippen molar-refractivity contribution < 1.29 is 13.2 Å². The Bertz CT molecular complexity index is 876. The number of sulfonamides is 1. The average molecular weight is 418 g/mol. The van der Waals surface area contributed by atoms with E-state index in [1.807, 2.05) is 30.3 Å². The highest BCUT2D eigenvalue weighted by Gasteiger charge is 2.19. The first-order valence-corrected chi connectivity index (χ1v) is 11.7. The van der Waals surface area contributed by atoms with Crippen molar-refractivity contribution in [3.05, 3.63) is 54.1 Å². The molecule has 3 rings (SSSR count). The highest BCUT2D eigenvalue weighted by Crippen LogP contribution is 2.28. The van der Waals surface area contributed by atoms with Crippen molar-refractivity contribution in [2.75, 3.05) is 51.3 Å². The highest BCUT2D eigenvalue weighted by atomic mass is 32.2. The minimum atomic E-state index is -3.43. The fraction of sp³-hybridized carbons (Fsp3) is 0.455. The summed E-state index contributed by atoms with van der Waals surface area (Å²) in [6.07, 6.45) is 1.69. The van der Waals surface area contributed by atoms with E-state index in [1.54, 1.807) is 19.2 Å². The lowest BCUT2D eigenvalue weighted by Crippen LogP contribution is -2.47. The fourth-order valence-corrected chi connectivity index (χ4v) is 4.67. The van der Waals surface area contributed by atoms with Gasteiger partial charge < -0.3 is 9.64 Å². The van der Waals surface area contributed by atoms with Gasteiger partial charge >= 0.3 is 0 Å². The minimum absolute atomic E-state index is 0.333. The van der Waals surface area contributed by atoms with Crippen molar-refractivity contribution in [2.45, 2.75) is 24.7 Å². The average Bonchev–Trinajstić information content (AvgIpc) is 2.77. The van der Waals surface area contributed by atoms with Crippen LogP contribution in [0.25, 0.3) is 0 Å². The van der Waals surface area contributed by atoms with E-state index in [2.05, 4.69) is 27.5 Å². The molecule has 0 aromatic heterocycles. The van der Waals surface area contributed by atoms with Gasteiger partial charge in [0.25, 0.3) is 0 Å². The Balaban J connectivity index is 1.41. The molecule has 0 amide bonds. The third kappa shape index (κ3) is 5.72. The summed E-state index contributed by atoms with van der Waals surface area (Å²) in [5.74, 6) is 0.905. The Kier molecular flexibility index (Phi) is 7.52. The van der Waals surface area contributed by atoms with E-state index < -0.39 is 10.0 Å². The number of ether oxygens (including phenoxy) is 1. The molecule has 158 valence electrons. The van der Waals surface area contributed by atoms with Gasteiger partial charge in [0, 0.05) is 32.7 Å². The lowest BCUT2D eigenvalue weighted by Gasteiger charge is -2.36. The van der Waals surface area contributed by atoms with Crippen LogP contribution in [0.5, 0.6) is 5.75 Å². The molecule has 1 aliphatic rings. The molecule has 0 atom stereocenters. The molecule has 1 fully saturated rings. The molecule has 1 saturated heterocycles. The second kappa shape index (κ2) is 10.1. The van der Waals surface area contributed by atoms with Crippen molar-refractivity contribution in [1.29, 1.82) is 0 Å². The van der Waals surface area contributed by atoms with E-state index in [-0.39, 0.29) is 0 Å². The van der Waals surface area contributed by atoms with Crippen molar-refractivity contribution >= 4 is 15.7 Å². The van der Waals surface area contributed by atoms with E-state index in [9.17, 15) is 8.42 Å². The van der Waals surface area contributed by atoms with Crippen LogP contribution in [0.4, 0.5) is 5.69 Å². The maximum Gasteiger partial charge on any atom is 0.240 e. The first kappa shape index (κ1) is 21.6. The summed E-state index contributed by atoms with van der Waals surface area (Å²) in [5, 5.41) is 0. The summed E-state index contributed by atoms with van der Waals surface area (Å²) in [7, 11) is -1.73. The summed E-state index contributed by atoms with van der Waals surface area (Å²) in [6.45, 7) is 7.19. The van der Waals surface area contributed by atoms with Crippen molar-refractivity contribution in [3.8, 4) is 5.75 Å². The molecular formula is C22H31N3O3S. The molecule has 2 aromatic carbocycles. The highest BCUT2D eigenvalue weighted by molar-refractivity contribution is 7.89. The van der Waals surface area contributed by atoms with E-state index in [1.165, 1.54) is 0 Å². The Labute approximate surface area is 174 Å². The number of piperazine rings is 1. The number of nitrogens with zero attached hydrogens (tertiary/aromatic N) is 2. The second-order valence-electron chi connectivity index (χ2n) is 7.25.